The van der Waals surface area contributed by atoms with Crippen LogP contribution in [0.4, 0.5) is 18.9 Å². The summed E-state index contributed by atoms with van der Waals surface area (Å²) in [5.41, 5.74) is 3.16. The molecule has 2 aromatic rings. The average Bonchev–Trinajstić information content (AvgIpc) is 2.86. The molecular weight excluding hydrogens is 397 g/mol. The summed E-state index contributed by atoms with van der Waals surface area (Å²) in [7, 11) is 0. The monoisotopic (exact) mass is 418 g/mol. The van der Waals surface area contributed by atoms with E-state index in [4.69, 9.17) is 0 Å². The molecule has 0 radical (unpaired) electrons. The molecule has 0 spiro atoms. The second-order valence-corrected chi connectivity index (χ2v) is 7.34. The normalized spacial score (nSPS) is 14.7. The first-order valence-electron chi connectivity index (χ1n) is 9.30. The summed E-state index contributed by atoms with van der Waals surface area (Å²) in [4.78, 5) is 27.2. The molecule has 2 aromatic carbocycles. The van der Waals surface area contributed by atoms with Crippen LogP contribution in [-0.4, -0.2) is 29.1 Å². The minimum Gasteiger partial charge on any atom is -0.406 e. The molecule has 0 saturated carbocycles. The van der Waals surface area contributed by atoms with Crippen LogP contribution in [0.1, 0.15) is 30.5 Å². The number of nitrogens with one attached hydrogen (secondary N) is 1. The summed E-state index contributed by atoms with van der Waals surface area (Å²) in [6, 6.07) is 10.2. The second-order valence-electron chi connectivity index (χ2n) is 7.34. The maximum absolute atomic E-state index is 13.1. The second kappa shape index (κ2) is 7.85. The summed E-state index contributed by atoms with van der Waals surface area (Å²) in [6.45, 7) is 7.26. The van der Waals surface area contributed by atoms with E-state index in [0.717, 1.165) is 28.2 Å². The summed E-state index contributed by atoms with van der Waals surface area (Å²) in [5, 5.41) is 2.92. The Hall–Kier alpha value is -3.29. The molecule has 1 heterocycles. The van der Waals surface area contributed by atoms with Crippen LogP contribution < -0.4 is 10.1 Å². The maximum atomic E-state index is 13.1. The molecule has 0 atom stereocenters. The smallest absolute Gasteiger partial charge is 0.406 e. The number of carbonyl (C=O) groups is 2. The van der Waals surface area contributed by atoms with Gasteiger partial charge in [-0.3, -0.25) is 14.5 Å². The molecule has 1 N–H and O–H groups in total. The molecular formula is C22H21F3N2O3. The third kappa shape index (κ3) is 4.32. The highest BCUT2D eigenvalue weighted by molar-refractivity contribution is 6.36. The van der Waals surface area contributed by atoms with E-state index in [9.17, 15) is 22.8 Å². The van der Waals surface area contributed by atoms with Crippen molar-refractivity contribution >= 4 is 23.1 Å². The van der Waals surface area contributed by atoms with Crippen molar-refractivity contribution in [2.75, 3.05) is 5.32 Å². The zero-order valence-corrected chi connectivity index (χ0v) is 16.9. The van der Waals surface area contributed by atoms with E-state index in [1.807, 2.05) is 26.0 Å². The summed E-state index contributed by atoms with van der Waals surface area (Å²) in [5.74, 6) is -1.28. The minimum atomic E-state index is -4.79. The fraction of sp³-hybridized carbons (Fsp3) is 0.273. The van der Waals surface area contributed by atoms with Crippen molar-refractivity contribution in [1.82, 2.24) is 4.90 Å². The molecule has 0 unspecified atom stereocenters. The molecule has 0 bridgehead atoms. The quantitative estimate of drug-likeness (QED) is 0.709. The number of carbonyl (C=O) groups excluding carboxylic acids is 2. The lowest BCUT2D eigenvalue weighted by molar-refractivity contribution is -0.274. The van der Waals surface area contributed by atoms with E-state index in [2.05, 4.69) is 10.1 Å². The largest absolute Gasteiger partial charge is 0.573 e. The standard InChI is InChI=1S/C22H21F3N2O3/c1-12(2)27-20(28)18(17-10-5-13(3)11-14(17)4)19(21(27)29)26-15-6-8-16(9-7-15)30-22(23,24)25/h5-12,26H,1-4H3. The van der Waals surface area contributed by atoms with Crippen molar-refractivity contribution < 1.29 is 27.5 Å². The topological polar surface area (TPSA) is 58.6 Å². The van der Waals surface area contributed by atoms with Crippen LogP contribution in [0.25, 0.3) is 5.57 Å². The van der Waals surface area contributed by atoms with Crippen molar-refractivity contribution in [3.8, 4) is 5.75 Å². The van der Waals surface area contributed by atoms with Gasteiger partial charge in [-0.25, -0.2) is 0 Å². The number of benzene rings is 2. The highest BCUT2D eigenvalue weighted by Gasteiger charge is 2.41. The summed E-state index contributed by atoms with van der Waals surface area (Å²) < 4.78 is 40.9. The van der Waals surface area contributed by atoms with Crippen molar-refractivity contribution in [2.45, 2.75) is 40.1 Å². The number of halogens is 3. The van der Waals surface area contributed by atoms with E-state index >= 15 is 0 Å². The Morgan fingerprint density at radius 1 is 0.967 bits per heavy atom. The van der Waals surface area contributed by atoms with Crippen LogP contribution in [0.15, 0.2) is 48.2 Å². The lowest BCUT2D eigenvalue weighted by atomic mass is 9.97. The van der Waals surface area contributed by atoms with E-state index in [1.54, 1.807) is 19.9 Å². The van der Waals surface area contributed by atoms with Gasteiger partial charge >= 0.3 is 6.36 Å². The molecule has 8 heteroatoms. The van der Waals surface area contributed by atoms with Crippen LogP contribution >= 0.6 is 0 Å². The number of alkyl halides is 3. The zero-order valence-electron chi connectivity index (χ0n) is 16.9. The summed E-state index contributed by atoms with van der Waals surface area (Å²) >= 11 is 0. The van der Waals surface area contributed by atoms with Gasteiger partial charge < -0.3 is 10.1 Å². The first-order chi connectivity index (χ1) is 14.0. The number of aryl methyl sites for hydroxylation is 2. The molecule has 0 fully saturated rings. The SMILES string of the molecule is Cc1ccc(C2=C(Nc3ccc(OC(F)(F)F)cc3)C(=O)N(C(C)C)C2=O)c(C)c1. The first-order valence-corrected chi connectivity index (χ1v) is 9.30. The van der Waals surface area contributed by atoms with Gasteiger partial charge in [0.25, 0.3) is 11.8 Å². The Morgan fingerprint density at radius 2 is 1.60 bits per heavy atom. The number of imide groups is 1. The lowest BCUT2D eigenvalue weighted by Crippen LogP contribution is -2.38. The molecule has 5 nitrogen and oxygen atoms in total. The Morgan fingerprint density at radius 3 is 2.13 bits per heavy atom. The molecule has 30 heavy (non-hydrogen) atoms. The number of hydrogen-bond donors (Lipinski definition) is 1. The van der Waals surface area contributed by atoms with Gasteiger partial charge in [0.15, 0.2) is 0 Å². The third-order valence-electron chi connectivity index (χ3n) is 4.64. The van der Waals surface area contributed by atoms with E-state index in [0.29, 0.717) is 11.3 Å². The lowest BCUT2D eigenvalue weighted by Gasteiger charge is -2.19. The minimum absolute atomic E-state index is 0.0881. The number of rotatable bonds is 5. The Kier molecular flexibility index (Phi) is 5.61. The van der Waals surface area contributed by atoms with E-state index in [-0.39, 0.29) is 23.1 Å². The predicted octanol–water partition coefficient (Wildman–Crippen LogP) is 4.80. The van der Waals surface area contributed by atoms with Crippen molar-refractivity contribution in [3.63, 3.8) is 0 Å². The first kappa shape index (κ1) is 21.4. The van der Waals surface area contributed by atoms with Gasteiger partial charge in [0, 0.05) is 11.7 Å². The zero-order chi connectivity index (χ0) is 22.2. The molecule has 2 amide bonds. The molecule has 0 aromatic heterocycles. The van der Waals surface area contributed by atoms with E-state index in [1.165, 1.54) is 12.1 Å². The molecule has 1 aliphatic rings. The molecule has 0 saturated heterocycles. The van der Waals surface area contributed by atoms with Crippen LogP contribution in [0.2, 0.25) is 0 Å². The number of nitrogens with zero attached hydrogens (tertiary/aromatic N) is 1. The van der Waals surface area contributed by atoms with Gasteiger partial charge in [-0.15, -0.1) is 13.2 Å². The Balaban J connectivity index is 2.02. The number of hydrogen-bond acceptors (Lipinski definition) is 4. The third-order valence-corrected chi connectivity index (χ3v) is 4.64. The predicted molar refractivity (Wildman–Crippen MR) is 107 cm³/mol. The highest BCUT2D eigenvalue weighted by Crippen LogP contribution is 2.34. The molecule has 3 rings (SSSR count). The van der Waals surface area contributed by atoms with Gasteiger partial charge in [-0.2, -0.15) is 0 Å². The van der Waals surface area contributed by atoms with Crippen LogP contribution in [0.3, 0.4) is 0 Å². The van der Waals surface area contributed by atoms with Gasteiger partial charge in [-0.05, 0) is 63.1 Å². The number of amides is 2. The van der Waals surface area contributed by atoms with Crippen molar-refractivity contribution in [2.24, 2.45) is 0 Å². The molecule has 1 aliphatic heterocycles. The van der Waals surface area contributed by atoms with Gasteiger partial charge in [-0.1, -0.05) is 23.8 Å². The average molecular weight is 418 g/mol. The Bertz CT molecular complexity index is 1020. The van der Waals surface area contributed by atoms with Crippen molar-refractivity contribution in [1.29, 1.82) is 0 Å². The molecule has 0 aliphatic carbocycles. The van der Waals surface area contributed by atoms with Crippen LogP contribution in [0.5, 0.6) is 5.75 Å². The Labute approximate surface area is 172 Å². The fourth-order valence-corrected chi connectivity index (χ4v) is 3.36. The maximum Gasteiger partial charge on any atom is 0.573 e. The highest BCUT2D eigenvalue weighted by atomic mass is 19.4. The van der Waals surface area contributed by atoms with Crippen LogP contribution in [-0.2, 0) is 9.59 Å². The van der Waals surface area contributed by atoms with Gasteiger partial charge in [0.05, 0.1) is 5.57 Å². The molecule has 158 valence electrons. The number of anilines is 1. The number of ether oxygens (including phenoxy) is 1. The fourth-order valence-electron chi connectivity index (χ4n) is 3.36. The van der Waals surface area contributed by atoms with Crippen LogP contribution in [0, 0.1) is 13.8 Å². The van der Waals surface area contributed by atoms with Gasteiger partial charge in [0.1, 0.15) is 11.4 Å². The summed E-state index contributed by atoms with van der Waals surface area (Å²) in [6.07, 6.45) is -4.79. The van der Waals surface area contributed by atoms with E-state index < -0.39 is 18.2 Å². The van der Waals surface area contributed by atoms with Gasteiger partial charge in [0.2, 0.25) is 0 Å². The van der Waals surface area contributed by atoms with Crippen molar-refractivity contribution in [3.05, 3.63) is 64.9 Å².